The zero-order valence-corrected chi connectivity index (χ0v) is 14.8. The molecule has 0 heterocycles. The summed E-state index contributed by atoms with van der Waals surface area (Å²) < 4.78 is 5.76. The number of nitrogens with one attached hydrogen (secondary N) is 2. The van der Waals surface area contributed by atoms with Crippen molar-refractivity contribution in [1.82, 2.24) is 0 Å². The molecular weight excluding hydrogens is 300 g/mol. The van der Waals surface area contributed by atoms with Crippen LogP contribution >= 0.6 is 0 Å². The molecule has 0 saturated heterocycles. The lowest BCUT2D eigenvalue weighted by molar-refractivity contribution is -0.114. The first-order chi connectivity index (χ1) is 11.5. The van der Waals surface area contributed by atoms with E-state index in [0.29, 0.717) is 0 Å². The summed E-state index contributed by atoms with van der Waals surface area (Å²) in [6.07, 6.45) is 0.969. The van der Waals surface area contributed by atoms with Crippen LogP contribution in [0.3, 0.4) is 0 Å². The molecule has 4 heteroatoms. The van der Waals surface area contributed by atoms with Crippen molar-refractivity contribution in [1.29, 1.82) is 0 Å². The number of aryl methyl sites for hydroxylation is 2. The fourth-order valence-corrected chi connectivity index (χ4v) is 2.53. The van der Waals surface area contributed by atoms with Crippen molar-refractivity contribution in [2.75, 3.05) is 17.2 Å². The molecule has 1 amide bonds. The van der Waals surface area contributed by atoms with Gasteiger partial charge >= 0.3 is 0 Å². The van der Waals surface area contributed by atoms with Gasteiger partial charge in [-0.2, -0.15) is 0 Å². The summed E-state index contributed by atoms with van der Waals surface area (Å²) >= 11 is 0. The van der Waals surface area contributed by atoms with E-state index in [4.69, 9.17) is 4.74 Å². The summed E-state index contributed by atoms with van der Waals surface area (Å²) in [7, 11) is 0. The summed E-state index contributed by atoms with van der Waals surface area (Å²) in [5, 5.41) is 6.18. The summed E-state index contributed by atoms with van der Waals surface area (Å²) in [5.41, 5.74) is 3.96. The molecule has 0 aliphatic rings. The molecule has 2 aromatic rings. The van der Waals surface area contributed by atoms with E-state index in [1.807, 2.05) is 63.2 Å². The van der Waals surface area contributed by atoms with Crippen molar-refractivity contribution >= 4 is 17.3 Å². The van der Waals surface area contributed by atoms with Gasteiger partial charge < -0.3 is 15.4 Å². The van der Waals surface area contributed by atoms with Gasteiger partial charge in [0.15, 0.2) is 0 Å². The lowest BCUT2D eigenvalue weighted by atomic mass is 10.1. The molecule has 0 bridgehead atoms. The summed E-state index contributed by atoms with van der Waals surface area (Å²) in [5.74, 6) is 0.684. The van der Waals surface area contributed by atoms with Crippen LogP contribution in [0.4, 0.5) is 11.4 Å². The number of hydrogen-bond acceptors (Lipinski definition) is 3. The van der Waals surface area contributed by atoms with Gasteiger partial charge in [-0.15, -0.1) is 0 Å². The van der Waals surface area contributed by atoms with E-state index >= 15 is 0 Å². The van der Waals surface area contributed by atoms with Crippen LogP contribution in [0.1, 0.15) is 31.9 Å². The smallest absolute Gasteiger partial charge is 0.243 e. The third-order valence-electron chi connectivity index (χ3n) is 3.69. The van der Waals surface area contributed by atoms with Crippen LogP contribution in [0.2, 0.25) is 0 Å². The minimum absolute atomic E-state index is 0.0710. The maximum Gasteiger partial charge on any atom is 0.243 e. The number of ether oxygens (including phenoxy) is 1. The molecule has 0 radical (unpaired) electrons. The Labute approximate surface area is 144 Å². The Balaban J connectivity index is 2.02. The maximum absolute atomic E-state index is 12.3. The molecule has 0 atom stereocenters. The van der Waals surface area contributed by atoms with Crippen molar-refractivity contribution in [3.63, 3.8) is 0 Å². The second-order valence-corrected chi connectivity index (χ2v) is 6.03. The van der Waals surface area contributed by atoms with Crippen LogP contribution in [-0.4, -0.2) is 18.6 Å². The highest BCUT2D eigenvalue weighted by Gasteiger charge is 2.10. The molecule has 0 spiro atoms. The predicted octanol–water partition coefficient (Wildman–Crippen LogP) is 4.40. The maximum atomic E-state index is 12.3. The Hall–Kier alpha value is -2.49. The topological polar surface area (TPSA) is 50.4 Å². The van der Waals surface area contributed by atoms with Crippen LogP contribution in [0.15, 0.2) is 42.5 Å². The molecule has 0 fully saturated rings. The first-order valence-electron chi connectivity index (χ1n) is 8.39. The number of amides is 1. The fraction of sp³-hybridized carbons (Fsp3) is 0.350. The largest absolute Gasteiger partial charge is 0.489 e. The Bertz CT molecular complexity index is 696. The van der Waals surface area contributed by atoms with E-state index in [1.54, 1.807) is 0 Å². The molecule has 0 aliphatic heterocycles. The van der Waals surface area contributed by atoms with Gasteiger partial charge in [-0.25, -0.2) is 0 Å². The highest BCUT2D eigenvalue weighted by molar-refractivity contribution is 5.95. The minimum atomic E-state index is -0.0710. The zero-order chi connectivity index (χ0) is 17.5. The first-order valence-corrected chi connectivity index (χ1v) is 8.39. The van der Waals surface area contributed by atoms with Crippen LogP contribution < -0.4 is 15.4 Å². The Morgan fingerprint density at radius 3 is 2.58 bits per heavy atom. The van der Waals surface area contributed by atoms with E-state index in [-0.39, 0.29) is 18.6 Å². The van der Waals surface area contributed by atoms with Crippen molar-refractivity contribution in [3.05, 3.63) is 53.6 Å². The number of para-hydroxylation sites is 3. The van der Waals surface area contributed by atoms with Crippen LogP contribution in [-0.2, 0) is 11.2 Å². The molecule has 2 rings (SSSR count). The van der Waals surface area contributed by atoms with Gasteiger partial charge in [0, 0.05) is 5.69 Å². The number of hydrogen-bond donors (Lipinski definition) is 2. The van der Waals surface area contributed by atoms with Gasteiger partial charge in [-0.05, 0) is 50.5 Å². The predicted molar refractivity (Wildman–Crippen MR) is 99.9 cm³/mol. The van der Waals surface area contributed by atoms with Crippen molar-refractivity contribution < 1.29 is 9.53 Å². The summed E-state index contributed by atoms with van der Waals surface area (Å²) in [6.45, 7) is 8.24. The molecule has 128 valence electrons. The van der Waals surface area contributed by atoms with E-state index in [1.165, 1.54) is 0 Å². The molecule has 0 aliphatic carbocycles. The average Bonchev–Trinajstić information content (AvgIpc) is 2.55. The molecule has 0 saturated carbocycles. The van der Waals surface area contributed by atoms with Gasteiger partial charge in [0.2, 0.25) is 5.91 Å². The van der Waals surface area contributed by atoms with Gasteiger partial charge in [0.1, 0.15) is 5.75 Å². The highest BCUT2D eigenvalue weighted by Crippen LogP contribution is 2.25. The second-order valence-electron chi connectivity index (χ2n) is 6.03. The lowest BCUT2D eigenvalue weighted by Gasteiger charge is -2.16. The molecular formula is C20H26N2O2. The number of benzene rings is 2. The molecule has 4 nitrogen and oxygen atoms in total. The van der Waals surface area contributed by atoms with Crippen molar-refractivity contribution in [2.24, 2.45) is 0 Å². The molecule has 24 heavy (non-hydrogen) atoms. The number of anilines is 2. The second kappa shape index (κ2) is 8.39. The van der Waals surface area contributed by atoms with Crippen LogP contribution in [0, 0.1) is 6.92 Å². The Kier molecular flexibility index (Phi) is 6.24. The molecule has 0 aromatic heterocycles. The normalized spacial score (nSPS) is 10.5. The van der Waals surface area contributed by atoms with Gasteiger partial charge in [-0.3, -0.25) is 4.79 Å². The van der Waals surface area contributed by atoms with Crippen molar-refractivity contribution in [2.45, 2.75) is 40.2 Å². The standard InChI is InChI=1S/C20H26N2O2/c1-5-16-10-8-9-15(4)20(16)22-19(23)13-21-17-11-6-7-12-18(17)24-14(2)3/h6-12,14,21H,5,13H2,1-4H3,(H,22,23). The van der Waals surface area contributed by atoms with Crippen LogP contribution in [0.5, 0.6) is 5.75 Å². The van der Waals surface area contributed by atoms with Gasteiger partial charge in [0.25, 0.3) is 0 Å². The monoisotopic (exact) mass is 326 g/mol. The van der Waals surface area contributed by atoms with E-state index in [2.05, 4.69) is 17.6 Å². The van der Waals surface area contributed by atoms with Crippen molar-refractivity contribution in [3.8, 4) is 5.75 Å². The Morgan fingerprint density at radius 2 is 1.88 bits per heavy atom. The van der Waals surface area contributed by atoms with E-state index < -0.39 is 0 Å². The first kappa shape index (κ1) is 17.9. The third-order valence-corrected chi connectivity index (χ3v) is 3.69. The zero-order valence-electron chi connectivity index (χ0n) is 14.8. The molecule has 0 unspecified atom stereocenters. The summed E-state index contributed by atoms with van der Waals surface area (Å²) in [6, 6.07) is 13.7. The lowest BCUT2D eigenvalue weighted by Crippen LogP contribution is -2.23. The SMILES string of the molecule is CCc1cccc(C)c1NC(=O)CNc1ccccc1OC(C)C. The quantitative estimate of drug-likeness (QED) is 0.793. The van der Waals surface area contributed by atoms with E-state index in [9.17, 15) is 4.79 Å². The molecule has 2 aromatic carbocycles. The van der Waals surface area contributed by atoms with E-state index in [0.717, 1.165) is 34.7 Å². The number of carbonyl (C=O) groups is 1. The minimum Gasteiger partial charge on any atom is -0.489 e. The number of carbonyl (C=O) groups excluding carboxylic acids is 1. The van der Waals surface area contributed by atoms with Crippen LogP contribution in [0.25, 0.3) is 0 Å². The van der Waals surface area contributed by atoms with Gasteiger partial charge in [0.05, 0.1) is 18.3 Å². The average molecular weight is 326 g/mol. The number of rotatable bonds is 7. The highest BCUT2D eigenvalue weighted by atomic mass is 16.5. The fourth-order valence-electron chi connectivity index (χ4n) is 2.53. The third kappa shape index (κ3) is 4.75. The summed E-state index contributed by atoms with van der Waals surface area (Å²) in [4.78, 5) is 12.3. The van der Waals surface area contributed by atoms with Gasteiger partial charge in [-0.1, -0.05) is 37.3 Å². The Morgan fingerprint density at radius 1 is 1.12 bits per heavy atom. The molecule has 2 N–H and O–H groups in total.